The molecule has 1 N–H and O–H groups in total. The maximum Gasteiger partial charge on any atom is 0.240 e. The molecule has 23 heavy (non-hydrogen) atoms. The molecule has 0 saturated heterocycles. The third-order valence-corrected chi connectivity index (χ3v) is 5.16. The molecule has 0 heterocycles. The first-order chi connectivity index (χ1) is 10.8. The van der Waals surface area contributed by atoms with Crippen LogP contribution >= 0.6 is 11.6 Å². The van der Waals surface area contributed by atoms with Gasteiger partial charge in [-0.05, 0) is 47.4 Å². The summed E-state index contributed by atoms with van der Waals surface area (Å²) >= 11 is 5.82. The summed E-state index contributed by atoms with van der Waals surface area (Å²) in [5.41, 5.74) is 1.71. The average Bonchev–Trinajstić information content (AvgIpc) is 2.53. The third-order valence-electron chi connectivity index (χ3n) is 3.51. The zero-order chi connectivity index (χ0) is 17.0. The average molecular weight is 354 g/mol. The Morgan fingerprint density at radius 2 is 1.78 bits per heavy atom. The number of benzene rings is 2. The fourth-order valence-electron chi connectivity index (χ4n) is 2.19. The van der Waals surface area contributed by atoms with E-state index in [4.69, 9.17) is 16.3 Å². The molecule has 0 bridgehead atoms. The van der Waals surface area contributed by atoms with Gasteiger partial charge in [-0.15, -0.1) is 0 Å². The van der Waals surface area contributed by atoms with E-state index >= 15 is 0 Å². The normalized spacial score (nSPS) is 11.7. The van der Waals surface area contributed by atoms with E-state index < -0.39 is 10.0 Å². The first-order valence-electron chi connectivity index (χ1n) is 7.25. The Balaban J connectivity index is 2.22. The van der Waals surface area contributed by atoms with Crippen molar-refractivity contribution in [2.24, 2.45) is 0 Å². The number of rotatable bonds is 6. The van der Waals surface area contributed by atoms with Crippen molar-refractivity contribution in [3.05, 3.63) is 58.6 Å². The number of hydrogen-bond donors (Lipinski definition) is 1. The van der Waals surface area contributed by atoms with Gasteiger partial charge in [0.05, 0.1) is 12.0 Å². The summed E-state index contributed by atoms with van der Waals surface area (Å²) in [5, 5.41) is 0.619. The summed E-state index contributed by atoms with van der Waals surface area (Å²) in [7, 11) is -2.01. The quantitative estimate of drug-likeness (QED) is 0.855. The summed E-state index contributed by atoms with van der Waals surface area (Å²) in [6.45, 7) is 4.20. The van der Waals surface area contributed by atoms with E-state index in [1.165, 1.54) is 0 Å². The van der Waals surface area contributed by atoms with Gasteiger partial charge in [0.15, 0.2) is 0 Å². The van der Waals surface area contributed by atoms with Crippen molar-refractivity contribution in [2.45, 2.75) is 31.2 Å². The van der Waals surface area contributed by atoms with Crippen LogP contribution in [0.4, 0.5) is 0 Å². The van der Waals surface area contributed by atoms with Crippen molar-refractivity contribution in [3.63, 3.8) is 0 Å². The Hall–Kier alpha value is -1.56. The molecule has 2 aromatic carbocycles. The SMILES string of the molecule is COc1ccc(S(=O)(=O)NCc2ccc(Cl)cc2)cc1C(C)C. The molecule has 0 saturated carbocycles. The van der Waals surface area contributed by atoms with Gasteiger partial charge in [-0.3, -0.25) is 0 Å². The molecule has 0 spiro atoms. The van der Waals surface area contributed by atoms with Crippen LogP contribution in [0.5, 0.6) is 5.75 Å². The molecule has 0 atom stereocenters. The van der Waals surface area contributed by atoms with E-state index in [2.05, 4.69) is 4.72 Å². The van der Waals surface area contributed by atoms with Gasteiger partial charge in [0.2, 0.25) is 10.0 Å². The lowest BCUT2D eigenvalue weighted by Gasteiger charge is -2.14. The van der Waals surface area contributed by atoms with Crippen molar-refractivity contribution in [1.29, 1.82) is 0 Å². The van der Waals surface area contributed by atoms with Gasteiger partial charge in [0.25, 0.3) is 0 Å². The molecule has 2 rings (SSSR count). The minimum atomic E-state index is -3.59. The minimum absolute atomic E-state index is 0.163. The van der Waals surface area contributed by atoms with Gasteiger partial charge in [-0.25, -0.2) is 13.1 Å². The van der Waals surface area contributed by atoms with Crippen LogP contribution < -0.4 is 9.46 Å². The molecule has 0 radical (unpaired) electrons. The van der Waals surface area contributed by atoms with E-state index in [0.29, 0.717) is 10.8 Å². The van der Waals surface area contributed by atoms with E-state index in [1.807, 2.05) is 13.8 Å². The van der Waals surface area contributed by atoms with Crippen LogP contribution in [0.15, 0.2) is 47.4 Å². The van der Waals surface area contributed by atoms with Crippen molar-refractivity contribution < 1.29 is 13.2 Å². The highest BCUT2D eigenvalue weighted by atomic mass is 35.5. The Labute approximate surface area is 142 Å². The number of nitrogens with one attached hydrogen (secondary N) is 1. The molecule has 124 valence electrons. The van der Waals surface area contributed by atoms with Crippen molar-refractivity contribution in [1.82, 2.24) is 4.72 Å². The Bertz CT molecular complexity index is 771. The second-order valence-corrected chi connectivity index (χ2v) is 7.71. The standard InChI is InChI=1S/C17H20ClNO3S/c1-12(2)16-10-15(8-9-17(16)22-3)23(20,21)19-11-13-4-6-14(18)7-5-13/h4-10,12,19H,11H2,1-3H3. The summed E-state index contributed by atoms with van der Waals surface area (Å²) in [6.07, 6.45) is 0. The van der Waals surface area contributed by atoms with Gasteiger partial charge < -0.3 is 4.74 Å². The minimum Gasteiger partial charge on any atom is -0.496 e. The molecule has 0 aliphatic carbocycles. The maximum atomic E-state index is 12.5. The van der Waals surface area contributed by atoms with Crippen LogP contribution in [-0.2, 0) is 16.6 Å². The largest absolute Gasteiger partial charge is 0.496 e. The molecule has 0 aliphatic rings. The highest BCUT2D eigenvalue weighted by Crippen LogP contribution is 2.28. The lowest BCUT2D eigenvalue weighted by atomic mass is 10.0. The van der Waals surface area contributed by atoms with Gasteiger partial charge in [0, 0.05) is 11.6 Å². The van der Waals surface area contributed by atoms with Crippen LogP contribution in [0.25, 0.3) is 0 Å². The molecule has 0 unspecified atom stereocenters. The monoisotopic (exact) mass is 353 g/mol. The highest BCUT2D eigenvalue weighted by Gasteiger charge is 2.17. The van der Waals surface area contributed by atoms with Crippen LogP contribution in [0.2, 0.25) is 5.02 Å². The fraction of sp³-hybridized carbons (Fsp3) is 0.294. The Morgan fingerprint density at radius 3 is 2.35 bits per heavy atom. The smallest absolute Gasteiger partial charge is 0.240 e. The van der Waals surface area contributed by atoms with Gasteiger partial charge in [-0.2, -0.15) is 0 Å². The molecule has 0 aromatic heterocycles. The van der Waals surface area contributed by atoms with E-state index in [1.54, 1.807) is 49.6 Å². The number of ether oxygens (including phenoxy) is 1. The van der Waals surface area contributed by atoms with Crippen LogP contribution in [0.1, 0.15) is 30.9 Å². The molecule has 0 aliphatic heterocycles. The summed E-state index contributed by atoms with van der Waals surface area (Å²) in [5.74, 6) is 0.855. The predicted molar refractivity (Wildman–Crippen MR) is 92.6 cm³/mol. The van der Waals surface area contributed by atoms with Crippen LogP contribution in [0, 0.1) is 0 Å². The molecular weight excluding hydrogens is 334 g/mol. The van der Waals surface area contributed by atoms with Gasteiger partial charge in [-0.1, -0.05) is 37.6 Å². The topological polar surface area (TPSA) is 55.4 Å². The molecule has 4 nitrogen and oxygen atoms in total. The molecule has 2 aromatic rings. The zero-order valence-corrected chi connectivity index (χ0v) is 14.9. The summed E-state index contributed by atoms with van der Waals surface area (Å²) < 4.78 is 32.8. The molecule has 0 fully saturated rings. The lowest BCUT2D eigenvalue weighted by Crippen LogP contribution is -2.23. The summed E-state index contributed by atoms with van der Waals surface area (Å²) in [4.78, 5) is 0.232. The number of halogens is 1. The first kappa shape index (κ1) is 17.8. The lowest BCUT2D eigenvalue weighted by molar-refractivity contribution is 0.407. The zero-order valence-electron chi connectivity index (χ0n) is 13.3. The van der Waals surface area contributed by atoms with Crippen molar-refractivity contribution in [3.8, 4) is 5.75 Å². The second kappa shape index (κ2) is 7.34. The Kier molecular flexibility index (Phi) is 5.68. The van der Waals surface area contributed by atoms with E-state index in [9.17, 15) is 8.42 Å². The van der Waals surface area contributed by atoms with Gasteiger partial charge in [0.1, 0.15) is 5.75 Å². The van der Waals surface area contributed by atoms with Crippen LogP contribution in [0.3, 0.4) is 0 Å². The van der Waals surface area contributed by atoms with Crippen molar-refractivity contribution in [2.75, 3.05) is 7.11 Å². The number of sulfonamides is 1. The number of hydrogen-bond acceptors (Lipinski definition) is 3. The molecular formula is C17H20ClNO3S. The fourth-order valence-corrected chi connectivity index (χ4v) is 3.37. The van der Waals surface area contributed by atoms with E-state index in [0.717, 1.165) is 11.1 Å². The number of methoxy groups -OCH3 is 1. The molecule has 0 amide bonds. The summed E-state index contributed by atoms with van der Waals surface area (Å²) in [6, 6.07) is 11.9. The van der Waals surface area contributed by atoms with E-state index in [-0.39, 0.29) is 17.4 Å². The highest BCUT2D eigenvalue weighted by molar-refractivity contribution is 7.89. The third kappa shape index (κ3) is 4.47. The second-order valence-electron chi connectivity index (χ2n) is 5.51. The van der Waals surface area contributed by atoms with Crippen molar-refractivity contribution >= 4 is 21.6 Å². The first-order valence-corrected chi connectivity index (χ1v) is 9.11. The van der Waals surface area contributed by atoms with Gasteiger partial charge >= 0.3 is 0 Å². The molecule has 6 heteroatoms. The Morgan fingerprint density at radius 1 is 1.13 bits per heavy atom. The predicted octanol–water partition coefficient (Wildman–Crippen LogP) is 3.95. The van der Waals surface area contributed by atoms with Crippen LogP contribution in [-0.4, -0.2) is 15.5 Å². The maximum absolute atomic E-state index is 12.5.